The summed E-state index contributed by atoms with van der Waals surface area (Å²) in [5.41, 5.74) is 2.34. The first-order valence-corrected chi connectivity index (χ1v) is 8.51. The van der Waals surface area contributed by atoms with Crippen LogP contribution in [0.15, 0.2) is 63.3 Å². The van der Waals surface area contributed by atoms with E-state index in [1.807, 2.05) is 11.8 Å². The van der Waals surface area contributed by atoms with Gasteiger partial charge in [-0.05, 0) is 25.2 Å². The molecule has 0 aliphatic carbocycles. The fraction of sp³-hybridized carbons (Fsp3) is 0.278. The van der Waals surface area contributed by atoms with Crippen molar-refractivity contribution in [3.05, 3.63) is 54.1 Å². The van der Waals surface area contributed by atoms with Gasteiger partial charge in [-0.1, -0.05) is 42.1 Å². The molecular formula is C18H21Cl2N3S. The third-order valence-electron chi connectivity index (χ3n) is 4.24. The first-order valence-electron chi connectivity index (χ1n) is 7.70. The van der Waals surface area contributed by atoms with Crippen LogP contribution in [-0.2, 0) is 0 Å². The Balaban J connectivity index is 0.00000104. The number of nitrogens with zero attached hydrogens (tertiary/aromatic N) is 3. The highest BCUT2D eigenvalue weighted by Gasteiger charge is 2.23. The Morgan fingerprint density at radius 3 is 2.21 bits per heavy atom. The summed E-state index contributed by atoms with van der Waals surface area (Å²) in [6, 6.07) is 17.1. The zero-order valence-electron chi connectivity index (χ0n) is 13.5. The van der Waals surface area contributed by atoms with Crippen LogP contribution in [-0.4, -0.2) is 48.9 Å². The van der Waals surface area contributed by atoms with Crippen molar-refractivity contribution in [3.63, 3.8) is 0 Å². The average molecular weight is 382 g/mol. The number of aliphatic imine (C=N–C) groups is 1. The van der Waals surface area contributed by atoms with Gasteiger partial charge in [0.2, 0.25) is 0 Å². The molecule has 0 aromatic heterocycles. The number of amidine groups is 1. The van der Waals surface area contributed by atoms with E-state index in [0.717, 1.165) is 37.7 Å². The highest BCUT2D eigenvalue weighted by molar-refractivity contribution is 7.99. The second kappa shape index (κ2) is 8.26. The van der Waals surface area contributed by atoms with Crippen molar-refractivity contribution in [2.45, 2.75) is 9.79 Å². The maximum Gasteiger partial charge on any atom is 0.137 e. The molecule has 2 aromatic rings. The number of rotatable bonds is 0. The molecule has 0 saturated carbocycles. The van der Waals surface area contributed by atoms with Gasteiger partial charge in [0.25, 0.3) is 0 Å². The van der Waals surface area contributed by atoms with Crippen LogP contribution >= 0.6 is 36.6 Å². The Morgan fingerprint density at radius 2 is 1.46 bits per heavy atom. The second-order valence-electron chi connectivity index (χ2n) is 5.79. The zero-order chi connectivity index (χ0) is 14.9. The van der Waals surface area contributed by atoms with Gasteiger partial charge in [-0.25, -0.2) is 4.99 Å². The van der Waals surface area contributed by atoms with Crippen molar-refractivity contribution < 1.29 is 0 Å². The quantitative estimate of drug-likeness (QED) is 0.676. The molecule has 2 aromatic carbocycles. The lowest BCUT2D eigenvalue weighted by molar-refractivity contribution is 0.215. The lowest BCUT2D eigenvalue weighted by atomic mass is 10.1. The van der Waals surface area contributed by atoms with E-state index in [4.69, 9.17) is 4.99 Å². The first-order chi connectivity index (χ1) is 10.8. The molecule has 2 aliphatic rings. The first kappa shape index (κ1) is 19.1. The molecule has 128 valence electrons. The van der Waals surface area contributed by atoms with E-state index in [2.05, 4.69) is 65.4 Å². The number of halogens is 2. The van der Waals surface area contributed by atoms with Crippen molar-refractivity contribution in [1.82, 2.24) is 9.80 Å². The Hall–Kier alpha value is -1.20. The van der Waals surface area contributed by atoms with Gasteiger partial charge >= 0.3 is 0 Å². The fourth-order valence-corrected chi connectivity index (χ4v) is 3.95. The summed E-state index contributed by atoms with van der Waals surface area (Å²) in [4.78, 5) is 12.4. The van der Waals surface area contributed by atoms with Crippen LogP contribution in [0.4, 0.5) is 5.69 Å². The Kier molecular flexibility index (Phi) is 6.58. The van der Waals surface area contributed by atoms with E-state index in [0.29, 0.717) is 0 Å². The van der Waals surface area contributed by atoms with E-state index < -0.39 is 0 Å². The van der Waals surface area contributed by atoms with Gasteiger partial charge in [0.05, 0.1) is 5.69 Å². The molecule has 6 heteroatoms. The molecule has 0 N–H and O–H groups in total. The molecule has 0 amide bonds. The van der Waals surface area contributed by atoms with E-state index in [9.17, 15) is 0 Å². The highest BCUT2D eigenvalue weighted by Crippen LogP contribution is 2.40. The summed E-state index contributed by atoms with van der Waals surface area (Å²) in [6.07, 6.45) is 0. The summed E-state index contributed by atoms with van der Waals surface area (Å²) in [5, 5.41) is 0. The third-order valence-corrected chi connectivity index (χ3v) is 5.38. The molecule has 0 radical (unpaired) electrons. The number of hydrogen-bond acceptors (Lipinski definition) is 4. The molecule has 1 saturated heterocycles. The Bertz CT molecular complexity index is 728. The lowest BCUT2D eigenvalue weighted by Gasteiger charge is -2.34. The van der Waals surface area contributed by atoms with Gasteiger partial charge in [-0.2, -0.15) is 0 Å². The lowest BCUT2D eigenvalue weighted by Crippen LogP contribution is -2.47. The summed E-state index contributed by atoms with van der Waals surface area (Å²) in [6.45, 7) is 4.26. The predicted octanol–water partition coefficient (Wildman–Crippen LogP) is 4.32. The van der Waals surface area contributed by atoms with Crippen LogP contribution < -0.4 is 0 Å². The highest BCUT2D eigenvalue weighted by atomic mass is 35.5. The molecule has 3 nitrogen and oxygen atoms in total. The van der Waals surface area contributed by atoms with Gasteiger partial charge in [-0.3, -0.25) is 0 Å². The standard InChI is InChI=1S/C18H19N3S.2ClH/c1-20-10-12-21(13-11-20)18-14-6-2-4-8-16(14)22-17-9-5-3-7-15(17)19-18;;/h2-9H,10-13H2,1H3;2*1H. The number of benzene rings is 2. The minimum Gasteiger partial charge on any atom is -0.354 e. The zero-order valence-corrected chi connectivity index (χ0v) is 16.0. The summed E-state index contributed by atoms with van der Waals surface area (Å²) in [7, 11) is 2.19. The van der Waals surface area contributed by atoms with Gasteiger partial charge < -0.3 is 9.80 Å². The van der Waals surface area contributed by atoms with E-state index in [-0.39, 0.29) is 24.8 Å². The average Bonchev–Trinajstić information content (AvgIpc) is 2.72. The number of para-hydroxylation sites is 1. The number of hydrogen-bond donors (Lipinski definition) is 0. The van der Waals surface area contributed by atoms with E-state index in [1.165, 1.54) is 15.4 Å². The van der Waals surface area contributed by atoms with Crippen molar-refractivity contribution in [3.8, 4) is 0 Å². The summed E-state index contributed by atoms with van der Waals surface area (Å²) in [5.74, 6) is 1.13. The number of likely N-dealkylation sites (N-methyl/N-ethyl adjacent to an activating group) is 1. The van der Waals surface area contributed by atoms with Gasteiger partial charge in [0.1, 0.15) is 5.84 Å². The van der Waals surface area contributed by atoms with Gasteiger partial charge in [0, 0.05) is 41.5 Å². The third kappa shape index (κ3) is 3.72. The normalized spacial score (nSPS) is 16.7. The Morgan fingerprint density at radius 1 is 0.833 bits per heavy atom. The van der Waals surface area contributed by atoms with Crippen LogP contribution in [0.2, 0.25) is 0 Å². The minimum absolute atomic E-state index is 0. The summed E-state index contributed by atoms with van der Waals surface area (Å²) < 4.78 is 0. The number of piperazine rings is 1. The van der Waals surface area contributed by atoms with Crippen LogP contribution in [0.3, 0.4) is 0 Å². The van der Waals surface area contributed by atoms with E-state index >= 15 is 0 Å². The molecule has 0 unspecified atom stereocenters. The maximum atomic E-state index is 5.03. The molecule has 0 spiro atoms. The fourth-order valence-electron chi connectivity index (χ4n) is 2.93. The molecule has 24 heavy (non-hydrogen) atoms. The van der Waals surface area contributed by atoms with Crippen LogP contribution in [0.1, 0.15) is 5.56 Å². The molecule has 0 bridgehead atoms. The van der Waals surface area contributed by atoms with Crippen molar-refractivity contribution in [2.24, 2.45) is 4.99 Å². The SMILES string of the molecule is CN1CCN(C2=Nc3ccccc3Sc3ccccc32)CC1.Cl.Cl. The summed E-state index contributed by atoms with van der Waals surface area (Å²) >= 11 is 1.82. The van der Waals surface area contributed by atoms with Gasteiger partial charge in [0.15, 0.2) is 0 Å². The van der Waals surface area contributed by atoms with Crippen LogP contribution in [0, 0.1) is 0 Å². The topological polar surface area (TPSA) is 18.8 Å². The van der Waals surface area contributed by atoms with Crippen LogP contribution in [0.25, 0.3) is 0 Å². The second-order valence-corrected chi connectivity index (χ2v) is 6.88. The van der Waals surface area contributed by atoms with Crippen LogP contribution in [0.5, 0.6) is 0 Å². The molecule has 4 rings (SSSR count). The molecule has 2 aliphatic heterocycles. The Labute approximate surface area is 160 Å². The van der Waals surface area contributed by atoms with E-state index in [1.54, 1.807) is 0 Å². The van der Waals surface area contributed by atoms with Crippen molar-refractivity contribution >= 4 is 48.1 Å². The number of fused-ring (bicyclic) bond motifs is 2. The monoisotopic (exact) mass is 381 g/mol. The minimum atomic E-state index is 0. The van der Waals surface area contributed by atoms with Gasteiger partial charge in [-0.15, -0.1) is 24.8 Å². The largest absolute Gasteiger partial charge is 0.354 e. The molecule has 2 heterocycles. The molecule has 1 fully saturated rings. The predicted molar refractivity (Wildman–Crippen MR) is 107 cm³/mol. The van der Waals surface area contributed by atoms with Crippen molar-refractivity contribution in [2.75, 3.05) is 33.2 Å². The molecular weight excluding hydrogens is 361 g/mol. The molecule has 0 atom stereocenters. The van der Waals surface area contributed by atoms with Crippen molar-refractivity contribution in [1.29, 1.82) is 0 Å². The maximum absolute atomic E-state index is 5.03. The smallest absolute Gasteiger partial charge is 0.137 e.